The van der Waals surface area contributed by atoms with E-state index in [1.807, 2.05) is 64.4 Å². The summed E-state index contributed by atoms with van der Waals surface area (Å²) in [5.41, 5.74) is 0. The van der Waals surface area contributed by atoms with Gasteiger partial charge in [0, 0.05) is 32.7 Å². The third-order valence-electron chi connectivity index (χ3n) is 0.607. The molecule has 1 aromatic carbocycles. The van der Waals surface area contributed by atoms with E-state index in [0.717, 1.165) is 0 Å². The Bertz CT molecular complexity index is 87.9. The molecule has 1 heteroatoms. The van der Waals surface area contributed by atoms with E-state index in [0.29, 0.717) is 0 Å². The molecule has 1 radical (unpaired) electrons. The van der Waals surface area contributed by atoms with Gasteiger partial charge in [-0.3, -0.25) is 0 Å². The molecule has 1 aromatic rings. The van der Waals surface area contributed by atoms with E-state index < -0.39 is 0 Å². The Balaban J connectivity index is -0.000000119. The van der Waals surface area contributed by atoms with E-state index in [2.05, 4.69) is 6.07 Å². The summed E-state index contributed by atoms with van der Waals surface area (Å²) in [5, 5.41) is 0. The summed E-state index contributed by atoms with van der Waals surface area (Å²) >= 11 is 0. The van der Waals surface area contributed by atoms with Crippen LogP contribution in [0.25, 0.3) is 0 Å². The molecule has 0 unspecified atom stereocenters. The standard InChI is InChI=1S/C6H5.C3H7.C2H6.Y/c1-2-4-6-5-3-1;1-3-2;1-2;/h1-5H;3H,1-2H3;1-2H3;/q2*-1;;. The van der Waals surface area contributed by atoms with Gasteiger partial charge in [-0.25, -0.2) is 0 Å². The maximum absolute atomic E-state index is 2.89. The Morgan fingerprint density at radius 2 is 1.25 bits per heavy atom. The molecular formula is C11H18Y-2. The first kappa shape index (κ1) is 18.2. The molecule has 0 N–H and O–H groups in total. The van der Waals surface area contributed by atoms with Gasteiger partial charge in [0.15, 0.2) is 0 Å². The Kier molecular flexibility index (Phi) is 34.1. The summed E-state index contributed by atoms with van der Waals surface area (Å²) in [7, 11) is 0. The zero-order valence-corrected chi connectivity index (χ0v) is 11.4. The first-order valence-corrected chi connectivity index (χ1v) is 4.07. The first-order chi connectivity index (χ1) is 5.41. The molecule has 0 saturated heterocycles. The minimum Gasteiger partial charge on any atom is -0.335 e. The largest absolute Gasteiger partial charge is 0.335 e. The molecule has 0 bridgehead atoms. The van der Waals surface area contributed by atoms with Crippen molar-refractivity contribution in [3.05, 3.63) is 42.8 Å². The molecule has 0 heterocycles. The third kappa shape index (κ3) is 22.4. The van der Waals surface area contributed by atoms with Gasteiger partial charge in [0.1, 0.15) is 0 Å². The van der Waals surface area contributed by atoms with Crippen LogP contribution in [0.15, 0.2) is 30.3 Å². The number of hydrogen-bond donors (Lipinski definition) is 0. The predicted octanol–water partition coefficient (Wildman–Crippen LogP) is 3.74. The van der Waals surface area contributed by atoms with Crippen LogP contribution in [0.3, 0.4) is 0 Å². The first-order valence-electron chi connectivity index (χ1n) is 4.07. The summed E-state index contributed by atoms with van der Waals surface area (Å²) in [6, 6.07) is 12.5. The summed E-state index contributed by atoms with van der Waals surface area (Å²) in [5.74, 6) is 0. The van der Waals surface area contributed by atoms with Gasteiger partial charge in [-0.2, -0.15) is 50.2 Å². The van der Waals surface area contributed by atoms with Crippen LogP contribution in [0.1, 0.15) is 27.7 Å². The van der Waals surface area contributed by atoms with E-state index in [1.54, 1.807) is 0 Å². The molecule has 1 rings (SSSR count). The molecule has 0 saturated carbocycles. The maximum atomic E-state index is 2.89. The summed E-state index contributed by atoms with van der Waals surface area (Å²) in [6.45, 7) is 8.00. The van der Waals surface area contributed by atoms with Crippen molar-refractivity contribution in [3.8, 4) is 0 Å². The number of hydrogen-bond acceptors (Lipinski definition) is 0. The summed E-state index contributed by atoms with van der Waals surface area (Å²) < 4.78 is 0. The van der Waals surface area contributed by atoms with Crippen molar-refractivity contribution in [1.82, 2.24) is 0 Å². The van der Waals surface area contributed by atoms with Crippen LogP contribution < -0.4 is 0 Å². The van der Waals surface area contributed by atoms with Gasteiger partial charge in [-0.1, -0.05) is 13.8 Å². The van der Waals surface area contributed by atoms with Crippen molar-refractivity contribution in [2.75, 3.05) is 0 Å². The van der Waals surface area contributed by atoms with Gasteiger partial charge in [-0.15, -0.1) is 0 Å². The third-order valence-corrected chi connectivity index (χ3v) is 0.607. The van der Waals surface area contributed by atoms with Gasteiger partial charge in [0.25, 0.3) is 0 Å². The van der Waals surface area contributed by atoms with Gasteiger partial charge >= 0.3 is 0 Å². The van der Waals surface area contributed by atoms with Gasteiger partial charge in [-0.05, 0) is 0 Å². The number of rotatable bonds is 0. The minimum absolute atomic E-state index is 0. The van der Waals surface area contributed by atoms with Crippen LogP contribution in [0.5, 0.6) is 0 Å². The summed E-state index contributed by atoms with van der Waals surface area (Å²) in [6.07, 6.45) is 2.00. The fourth-order valence-corrected chi connectivity index (χ4v) is 0.342. The van der Waals surface area contributed by atoms with Crippen molar-refractivity contribution in [2.24, 2.45) is 0 Å². The predicted molar refractivity (Wildman–Crippen MR) is 52.3 cm³/mol. The SMILES string of the molecule is CC.C[CH-]C.[Y].[c-]1ccccc1. The van der Waals surface area contributed by atoms with Crippen molar-refractivity contribution in [1.29, 1.82) is 0 Å². The monoisotopic (exact) mass is 239 g/mol. The molecule has 0 fully saturated rings. The molecule has 67 valence electrons. The topological polar surface area (TPSA) is 0 Å². The molecular weight excluding hydrogens is 221 g/mol. The van der Waals surface area contributed by atoms with Crippen LogP contribution in [0.2, 0.25) is 0 Å². The molecule has 0 aliphatic heterocycles. The minimum atomic E-state index is 0. The van der Waals surface area contributed by atoms with Gasteiger partial charge in [0.05, 0.1) is 0 Å². The van der Waals surface area contributed by atoms with Crippen LogP contribution in [0, 0.1) is 12.5 Å². The second-order valence-corrected chi connectivity index (χ2v) is 1.65. The normalized spacial score (nSPS) is 6.00. The van der Waals surface area contributed by atoms with Crippen LogP contribution >= 0.6 is 0 Å². The van der Waals surface area contributed by atoms with E-state index in [4.69, 9.17) is 0 Å². The van der Waals surface area contributed by atoms with E-state index in [9.17, 15) is 0 Å². The molecule has 0 nitrogen and oxygen atoms in total. The van der Waals surface area contributed by atoms with E-state index in [1.165, 1.54) is 0 Å². The Hall–Kier alpha value is 0.324. The molecule has 0 spiro atoms. The van der Waals surface area contributed by atoms with Crippen molar-refractivity contribution < 1.29 is 32.7 Å². The van der Waals surface area contributed by atoms with Gasteiger partial charge < -0.3 is 6.42 Å². The van der Waals surface area contributed by atoms with E-state index >= 15 is 0 Å². The Labute approximate surface area is 103 Å². The molecule has 0 aliphatic carbocycles. The fourth-order valence-electron chi connectivity index (χ4n) is 0.342. The van der Waals surface area contributed by atoms with Crippen molar-refractivity contribution >= 4 is 0 Å². The second kappa shape index (κ2) is 22.5. The number of benzene rings is 1. The maximum Gasteiger partial charge on any atom is 0 e. The molecule has 0 aromatic heterocycles. The quantitative estimate of drug-likeness (QED) is 0.605. The van der Waals surface area contributed by atoms with Crippen molar-refractivity contribution in [3.63, 3.8) is 0 Å². The van der Waals surface area contributed by atoms with Crippen molar-refractivity contribution in [2.45, 2.75) is 27.7 Å². The molecule has 0 aliphatic rings. The van der Waals surface area contributed by atoms with Crippen LogP contribution in [-0.2, 0) is 32.7 Å². The van der Waals surface area contributed by atoms with Crippen LogP contribution in [-0.4, -0.2) is 0 Å². The van der Waals surface area contributed by atoms with E-state index in [-0.39, 0.29) is 32.7 Å². The average molecular weight is 239 g/mol. The second-order valence-electron chi connectivity index (χ2n) is 1.65. The average Bonchev–Trinajstić information content (AvgIpc) is 2.12. The Morgan fingerprint density at radius 1 is 0.917 bits per heavy atom. The smallest absolute Gasteiger partial charge is 0 e. The zero-order valence-electron chi connectivity index (χ0n) is 8.54. The zero-order chi connectivity index (χ0) is 8.95. The van der Waals surface area contributed by atoms with Crippen LogP contribution in [0.4, 0.5) is 0 Å². The molecule has 0 amide bonds. The van der Waals surface area contributed by atoms with Gasteiger partial charge in [0.2, 0.25) is 0 Å². The Morgan fingerprint density at radius 3 is 1.33 bits per heavy atom. The molecule has 12 heavy (non-hydrogen) atoms. The summed E-state index contributed by atoms with van der Waals surface area (Å²) in [4.78, 5) is 0. The fraction of sp³-hybridized carbons (Fsp3) is 0.364. The molecule has 0 atom stereocenters.